The maximum atomic E-state index is 12.7. The summed E-state index contributed by atoms with van der Waals surface area (Å²) >= 11 is 0.824. The fourth-order valence-corrected chi connectivity index (χ4v) is 4.01. The number of Topliss-reactive ketones (excluding diaryl/α,β-unsaturated/α-hetero) is 1. The summed E-state index contributed by atoms with van der Waals surface area (Å²) in [6, 6.07) is 25.3. The Hall–Kier alpha value is -3.84. The zero-order valence-electron chi connectivity index (χ0n) is 17.7. The summed E-state index contributed by atoms with van der Waals surface area (Å²) in [7, 11) is 0. The second kappa shape index (κ2) is 10.7. The summed E-state index contributed by atoms with van der Waals surface area (Å²) in [6.45, 7) is 0.468. The maximum Gasteiger partial charge on any atom is 0.293 e. The average Bonchev–Trinajstić information content (AvgIpc) is 3.10. The van der Waals surface area contributed by atoms with Gasteiger partial charge in [0.05, 0.1) is 11.4 Å². The highest BCUT2D eigenvalue weighted by Gasteiger charge is 2.36. The first kappa shape index (κ1) is 22.4. The predicted octanol–water partition coefficient (Wildman–Crippen LogP) is 5.06. The molecule has 1 aliphatic heterocycles. The van der Waals surface area contributed by atoms with Gasteiger partial charge < -0.3 is 9.47 Å². The Kier molecular flexibility index (Phi) is 7.22. The van der Waals surface area contributed by atoms with Crippen LogP contribution in [-0.2, 0) is 4.79 Å². The van der Waals surface area contributed by atoms with Crippen LogP contribution in [-0.4, -0.2) is 41.6 Å². The number of rotatable bonds is 9. The zero-order chi connectivity index (χ0) is 23.0. The summed E-state index contributed by atoms with van der Waals surface area (Å²) in [4.78, 5) is 38.7. The molecule has 0 atom stereocenters. The van der Waals surface area contributed by atoms with Crippen molar-refractivity contribution in [3.8, 4) is 11.5 Å². The van der Waals surface area contributed by atoms with E-state index < -0.39 is 11.1 Å². The Labute approximate surface area is 195 Å². The molecule has 3 aromatic carbocycles. The highest BCUT2D eigenvalue weighted by molar-refractivity contribution is 8.18. The normalized spacial score (nSPS) is 14.5. The summed E-state index contributed by atoms with van der Waals surface area (Å²) in [5.74, 6) is 0.638. The molecule has 0 N–H and O–H groups in total. The molecule has 4 rings (SSSR count). The van der Waals surface area contributed by atoms with E-state index in [9.17, 15) is 14.4 Å². The predicted molar refractivity (Wildman–Crippen MR) is 127 cm³/mol. The molecular formula is C26H21NO5S. The Morgan fingerprint density at radius 2 is 1.45 bits per heavy atom. The molecule has 1 fully saturated rings. The quantitative estimate of drug-likeness (QED) is 0.253. The van der Waals surface area contributed by atoms with Crippen LogP contribution in [0.1, 0.15) is 15.9 Å². The Balaban J connectivity index is 1.36. The van der Waals surface area contributed by atoms with Crippen molar-refractivity contribution in [2.75, 3.05) is 19.8 Å². The van der Waals surface area contributed by atoms with Crippen LogP contribution in [0, 0.1) is 0 Å². The second-order valence-electron chi connectivity index (χ2n) is 7.14. The summed E-state index contributed by atoms with van der Waals surface area (Å²) in [5.41, 5.74) is 1.18. The molecule has 2 amide bonds. The molecule has 0 bridgehead atoms. The zero-order valence-corrected chi connectivity index (χ0v) is 18.5. The molecule has 3 aromatic rings. The van der Waals surface area contributed by atoms with Gasteiger partial charge in [-0.25, -0.2) is 0 Å². The van der Waals surface area contributed by atoms with Gasteiger partial charge in [0.1, 0.15) is 24.7 Å². The third-order valence-electron chi connectivity index (χ3n) is 4.79. The van der Waals surface area contributed by atoms with Crippen LogP contribution in [0.2, 0.25) is 0 Å². The molecule has 0 unspecified atom stereocenters. The fraction of sp³-hybridized carbons (Fsp3) is 0.115. The number of benzene rings is 3. The molecule has 1 saturated heterocycles. The molecule has 1 heterocycles. The molecule has 0 spiro atoms. The monoisotopic (exact) mass is 459 g/mol. The second-order valence-corrected chi connectivity index (χ2v) is 8.13. The van der Waals surface area contributed by atoms with Crippen molar-refractivity contribution in [1.82, 2.24) is 4.90 Å². The van der Waals surface area contributed by atoms with Gasteiger partial charge in [-0.15, -0.1) is 0 Å². The van der Waals surface area contributed by atoms with E-state index in [1.165, 1.54) is 0 Å². The van der Waals surface area contributed by atoms with Crippen molar-refractivity contribution in [2.24, 2.45) is 0 Å². The largest absolute Gasteiger partial charge is 0.490 e. The molecular weight excluding hydrogens is 438 g/mol. The minimum Gasteiger partial charge on any atom is -0.490 e. The third kappa shape index (κ3) is 5.90. The van der Waals surface area contributed by atoms with Crippen molar-refractivity contribution in [3.05, 3.63) is 101 Å². The lowest BCUT2D eigenvalue weighted by molar-refractivity contribution is -0.122. The molecule has 0 aliphatic carbocycles. The first-order chi connectivity index (χ1) is 16.1. The van der Waals surface area contributed by atoms with E-state index in [-0.39, 0.29) is 17.2 Å². The van der Waals surface area contributed by atoms with E-state index >= 15 is 0 Å². The Morgan fingerprint density at radius 3 is 2.18 bits per heavy atom. The van der Waals surface area contributed by atoms with E-state index in [0.29, 0.717) is 24.5 Å². The molecule has 0 saturated carbocycles. The number of hydrogen-bond donors (Lipinski definition) is 0. The first-order valence-electron chi connectivity index (χ1n) is 10.3. The van der Waals surface area contributed by atoms with Gasteiger partial charge in [-0.3, -0.25) is 19.3 Å². The number of hydrogen-bond acceptors (Lipinski definition) is 6. The van der Waals surface area contributed by atoms with Crippen LogP contribution in [0.25, 0.3) is 6.08 Å². The molecule has 33 heavy (non-hydrogen) atoms. The summed E-state index contributed by atoms with van der Waals surface area (Å²) in [5, 5.41) is -0.457. The van der Waals surface area contributed by atoms with Crippen molar-refractivity contribution in [3.63, 3.8) is 0 Å². The molecule has 1 aliphatic rings. The van der Waals surface area contributed by atoms with E-state index in [4.69, 9.17) is 9.47 Å². The van der Waals surface area contributed by atoms with Crippen LogP contribution < -0.4 is 9.47 Å². The Bertz CT molecular complexity index is 1180. The van der Waals surface area contributed by atoms with Crippen LogP contribution in [0.4, 0.5) is 4.79 Å². The topological polar surface area (TPSA) is 72.9 Å². The summed E-state index contributed by atoms with van der Waals surface area (Å²) in [6.07, 6.45) is 1.63. The molecule has 166 valence electrons. The van der Waals surface area contributed by atoms with Crippen molar-refractivity contribution < 1.29 is 23.9 Å². The SMILES string of the molecule is O=C(CN1C(=O)S/C(=C/c2cccc(OCCOc3ccccc3)c2)C1=O)c1ccccc1. The van der Waals surface area contributed by atoms with Gasteiger partial charge >= 0.3 is 0 Å². The summed E-state index contributed by atoms with van der Waals surface area (Å²) < 4.78 is 11.3. The molecule has 7 heteroatoms. The number of ether oxygens (including phenoxy) is 2. The fourth-order valence-electron chi connectivity index (χ4n) is 3.18. The van der Waals surface area contributed by atoms with E-state index in [1.807, 2.05) is 48.5 Å². The molecule has 0 radical (unpaired) electrons. The van der Waals surface area contributed by atoms with Crippen molar-refractivity contribution in [1.29, 1.82) is 0 Å². The van der Waals surface area contributed by atoms with Crippen LogP contribution in [0.15, 0.2) is 89.8 Å². The van der Waals surface area contributed by atoms with Gasteiger partial charge in [-0.1, -0.05) is 60.7 Å². The van der Waals surface area contributed by atoms with Gasteiger partial charge in [-0.05, 0) is 47.7 Å². The van der Waals surface area contributed by atoms with Gasteiger partial charge in [0.15, 0.2) is 5.78 Å². The van der Waals surface area contributed by atoms with E-state index in [0.717, 1.165) is 28.0 Å². The van der Waals surface area contributed by atoms with E-state index in [2.05, 4.69) is 0 Å². The Morgan fingerprint density at radius 1 is 0.818 bits per heavy atom. The van der Waals surface area contributed by atoms with Gasteiger partial charge in [0, 0.05) is 5.56 Å². The van der Waals surface area contributed by atoms with Crippen LogP contribution >= 0.6 is 11.8 Å². The molecule has 6 nitrogen and oxygen atoms in total. The third-order valence-corrected chi connectivity index (χ3v) is 5.70. The number of imide groups is 1. The van der Waals surface area contributed by atoms with Gasteiger partial charge in [0.2, 0.25) is 0 Å². The maximum absolute atomic E-state index is 12.7. The van der Waals surface area contributed by atoms with Crippen molar-refractivity contribution in [2.45, 2.75) is 0 Å². The highest BCUT2D eigenvalue weighted by Crippen LogP contribution is 2.32. The lowest BCUT2D eigenvalue weighted by Gasteiger charge is -2.11. The van der Waals surface area contributed by atoms with E-state index in [1.54, 1.807) is 42.5 Å². The lowest BCUT2D eigenvalue weighted by atomic mass is 10.1. The number of carbonyl (C=O) groups excluding carboxylic acids is 3. The van der Waals surface area contributed by atoms with Gasteiger partial charge in [-0.2, -0.15) is 0 Å². The number of ketones is 1. The number of nitrogens with zero attached hydrogens (tertiary/aromatic N) is 1. The number of thioether (sulfide) groups is 1. The minimum atomic E-state index is -0.475. The van der Waals surface area contributed by atoms with Gasteiger partial charge in [0.25, 0.3) is 11.1 Å². The van der Waals surface area contributed by atoms with Crippen LogP contribution in [0.3, 0.4) is 0 Å². The minimum absolute atomic E-state index is 0.269. The standard InChI is InChI=1S/C26H21NO5S/c28-23(20-9-3-1-4-10-20)18-27-25(29)24(33-26(27)30)17-19-8-7-13-22(16-19)32-15-14-31-21-11-5-2-6-12-21/h1-13,16-17H,14-15,18H2/b24-17+. The molecule has 0 aromatic heterocycles. The number of carbonyl (C=O) groups is 3. The van der Waals surface area contributed by atoms with Crippen molar-refractivity contribution >= 4 is 34.8 Å². The first-order valence-corrected chi connectivity index (χ1v) is 11.2. The smallest absolute Gasteiger partial charge is 0.293 e. The highest BCUT2D eigenvalue weighted by atomic mass is 32.2. The number of para-hydroxylation sites is 1. The lowest BCUT2D eigenvalue weighted by Crippen LogP contribution is -2.33. The van der Waals surface area contributed by atoms with Crippen LogP contribution in [0.5, 0.6) is 11.5 Å². The number of amides is 2. The average molecular weight is 460 g/mol.